The van der Waals surface area contributed by atoms with E-state index in [1.165, 1.54) is 14.2 Å². The number of aromatic amines is 1. The van der Waals surface area contributed by atoms with Gasteiger partial charge in [-0.2, -0.15) is 0 Å². The molecule has 0 spiro atoms. The summed E-state index contributed by atoms with van der Waals surface area (Å²) in [6, 6.07) is 28.5. The Morgan fingerprint density at radius 2 is 1.54 bits per heavy atom. The summed E-state index contributed by atoms with van der Waals surface area (Å²) in [5, 5.41) is 2.72. The number of amides is 3. The van der Waals surface area contributed by atoms with Gasteiger partial charge in [0.15, 0.2) is 0 Å². The lowest BCUT2D eigenvalue weighted by molar-refractivity contribution is -0.144. The lowest BCUT2D eigenvalue weighted by Gasteiger charge is -2.31. The summed E-state index contributed by atoms with van der Waals surface area (Å²) in [6.07, 6.45) is 5.77. The molecule has 9 rings (SSSR count). The van der Waals surface area contributed by atoms with Crippen LogP contribution in [0, 0.1) is 11.8 Å². The summed E-state index contributed by atoms with van der Waals surface area (Å²) >= 11 is 0. The van der Waals surface area contributed by atoms with E-state index in [2.05, 4.69) is 89.2 Å². The van der Waals surface area contributed by atoms with E-state index in [-0.39, 0.29) is 42.2 Å². The third-order valence-corrected chi connectivity index (χ3v) is 12.9. The minimum atomic E-state index is -0.660. The van der Waals surface area contributed by atoms with Crippen LogP contribution in [0.5, 0.6) is 0 Å². The summed E-state index contributed by atoms with van der Waals surface area (Å²) in [4.78, 5) is 69.0. The molecular formula is C49H50N6O6. The number of para-hydroxylation sites is 1. The number of aliphatic imine (C=N–C) groups is 1. The van der Waals surface area contributed by atoms with Crippen molar-refractivity contribution in [2.45, 2.75) is 76.9 Å². The zero-order valence-electron chi connectivity index (χ0n) is 34.9. The number of allylic oxidation sites excluding steroid dienone is 1. The topological polar surface area (TPSA) is 146 Å². The van der Waals surface area contributed by atoms with Crippen molar-refractivity contribution in [3.8, 4) is 22.3 Å². The van der Waals surface area contributed by atoms with E-state index in [1.54, 1.807) is 0 Å². The smallest absolute Gasteiger partial charge is 0.407 e. The number of imidazole rings is 1. The average Bonchev–Trinajstić information content (AvgIpc) is 4.10. The SMILES string of the molecule is COC(=O)C[C@H]1CCc2cccc3c2N(C1=O)[C@H](c1nc2ccc(-c4ccc(-c5ccc(C6=CN=C([C@@H]7CCCN7C(=O)[C@@H](NC(=O)OC)C(C)C)C6)cc5)cc4)cc2[nH]1)C3. The van der Waals surface area contributed by atoms with Crippen LogP contribution in [0.15, 0.2) is 96.1 Å². The predicted octanol–water partition coefficient (Wildman–Crippen LogP) is 8.21. The van der Waals surface area contributed by atoms with Gasteiger partial charge in [0.25, 0.3) is 0 Å². The average molecular weight is 819 g/mol. The van der Waals surface area contributed by atoms with Crippen molar-refractivity contribution in [2.75, 3.05) is 25.7 Å². The number of likely N-dealkylation sites (tertiary alicyclic amines) is 1. The Labute approximate surface area is 355 Å². The van der Waals surface area contributed by atoms with Crippen LogP contribution in [-0.2, 0) is 36.7 Å². The van der Waals surface area contributed by atoms with Crippen LogP contribution in [-0.4, -0.2) is 77.3 Å². The summed E-state index contributed by atoms with van der Waals surface area (Å²) in [5.41, 5.74) is 12.5. The van der Waals surface area contributed by atoms with Gasteiger partial charge in [0, 0.05) is 37.2 Å². The number of aryl methyl sites for hydroxylation is 1. The van der Waals surface area contributed by atoms with Crippen molar-refractivity contribution < 1.29 is 28.7 Å². The monoisotopic (exact) mass is 818 g/mol. The van der Waals surface area contributed by atoms with Gasteiger partial charge in [-0.25, -0.2) is 9.78 Å². The van der Waals surface area contributed by atoms with Gasteiger partial charge in [-0.3, -0.25) is 19.4 Å². The number of hydrogen-bond acceptors (Lipinski definition) is 8. The van der Waals surface area contributed by atoms with Gasteiger partial charge in [-0.05, 0) is 88.3 Å². The molecule has 12 nitrogen and oxygen atoms in total. The fourth-order valence-electron chi connectivity index (χ4n) is 9.56. The van der Waals surface area contributed by atoms with E-state index in [0.717, 1.165) is 92.0 Å². The van der Waals surface area contributed by atoms with Gasteiger partial charge in [-0.1, -0.05) is 86.6 Å². The molecule has 1 aromatic heterocycles. The van der Waals surface area contributed by atoms with Gasteiger partial charge in [-0.15, -0.1) is 0 Å². The largest absolute Gasteiger partial charge is 0.469 e. The minimum absolute atomic E-state index is 0.0531. The van der Waals surface area contributed by atoms with Crippen LogP contribution in [0.4, 0.5) is 10.5 Å². The lowest BCUT2D eigenvalue weighted by atomic mass is 9.95. The number of methoxy groups -OCH3 is 2. The van der Waals surface area contributed by atoms with Crippen LogP contribution in [0.2, 0.25) is 0 Å². The van der Waals surface area contributed by atoms with Gasteiger partial charge in [0.1, 0.15) is 11.9 Å². The highest BCUT2D eigenvalue weighted by atomic mass is 16.5. The highest BCUT2D eigenvalue weighted by Gasteiger charge is 2.43. The lowest BCUT2D eigenvalue weighted by Crippen LogP contribution is -2.53. The number of carbonyl (C=O) groups excluding carboxylic acids is 4. The van der Waals surface area contributed by atoms with Crippen LogP contribution in [0.1, 0.15) is 74.5 Å². The maximum Gasteiger partial charge on any atom is 0.407 e. The number of benzene rings is 4. The van der Waals surface area contributed by atoms with E-state index < -0.39 is 18.1 Å². The Morgan fingerprint density at radius 3 is 2.25 bits per heavy atom. The van der Waals surface area contributed by atoms with E-state index >= 15 is 0 Å². The number of ether oxygens (including phenoxy) is 2. The summed E-state index contributed by atoms with van der Waals surface area (Å²) in [6.45, 7) is 4.48. The van der Waals surface area contributed by atoms with Crippen molar-refractivity contribution in [3.63, 3.8) is 0 Å². The number of fused-ring (bicyclic) bond motifs is 1. The molecule has 0 saturated carbocycles. The fraction of sp³-hybridized carbons (Fsp3) is 0.347. The Hall–Kier alpha value is -6.56. The Kier molecular flexibility index (Phi) is 10.8. The molecule has 12 heteroatoms. The molecule has 5 heterocycles. The van der Waals surface area contributed by atoms with Gasteiger partial charge in [0.2, 0.25) is 11.8 Å². The Balaban J connectivity index is 0.868. The van der Waals surface area contributed by atoms with Crippen molar-refractivity contribution in [3.05, 3.63) is 114 Å². The second-order valence-corrected chi connectivity index (χ2v) is 16.9. The predicted molar refractivity (Wildman–Crippen MR) is 235 cm³/mol. The molecule has 0 radical (unpaired) electrons. The van der Waals surface area contributed by atoms with Crippen LogP contribution >= 0.6 is 0 Å². The number of nitrogens with one attached hydrogen (secondary N) is 2. The van der Waals surface area contributed by atoms with E-state index in [1.807, 2.05) is 35.9 Å². The molecule has 4 aromatic carbocycles. The Morgan fingerprint density at radius 1 is 0.852 bits per heavy atom. The number of rotatable bonds is 10. The minimum Gasteiger partial charge on any atom is -0.469 e. The second-order valence-electron chi connectivity index (χ2n) is 16.9. The zero-order chi connectivity index (χ0) is 42.4. The second kappa shape index (κ2) is 16.5. The maximum absolute atomic E-state index is 14.1. The molecule has 4 aliphatic heterocycles. The highest BCUT2D eigenvalue weighted by molar-refractivity contribution is 6.04. The molecule has 5 aromatic rings. The number of alkyl carbamates (subject to hydrolysis) is 1. The molecule has 2 N–H and O–H groups in total. The van der Waals surface area contributed by atoms with Crippen molar-refractivity contribution in [2.24, 2.45) is 16.8 Å². The normalized spacial score (nSPS) is 20.0. The van der Waals surface area contributed by atoms with Crippen molar-refractivity contribution >= 4 is 51.9 Å². The van der Waals surface area contributed by atoms with Crippen LogP contribution in [0.3, 0.4) is 0 Å². The number of anilines is 1. The first-order valence-electron chi connectivity index (χ1n) is 21.2. The summed E-state index contributed by atoms with van der Waals surface area (Å²) < 4.78 is 9.72. The van der Waals surface area contributed by atoms with E-state index in [4.69, 9.17) is 19.5 Å². The molecule has 0 aliphatic carbocycles. The first-order valence-corrected chi connectivity index (χ1v) is 21.2. The number of carbonyl (C=O) groups is 4. The quantitative estimate of drug-likeness (QED) is 0.135. The summed E-state index contributed by atoms with van der Waals surface area (Å²) in [5.74, 6) is -0.324. The Bertz CT molecular complexity index is 2590. The molecule has 4 atom stereocenters. The van der Waals surface area contributed by atoms with Crippen molar-refractivity contribution in [1.29, 1.82) is 0 Å². The molecule has 0 unspecified atom stereocenters. The standard InChI is InChI=1S/C49H50N6O6/c1-28(2)44(53-49(59)61-4)48(58)54-22-6-9-41(54)40-24-37(27-50-40)32-16-12-30(13-17-32)29-10-14-31(15-11-29)34-20-21-38-39(23-34)52-46(51-38)42-25-35-8-5-7-33-18-19-36(26-43(56)60-3)47(57)55(42)45(33)35/h5,7-8,10-17,20-21,23,27-28,36,41-42,44H,6,9,18-19,22,24-26H2,1-4H3,(H,51,52)(H,53,59)/t36-,41+,42+,44+/m1/s1. The number of nitrogens with zero attached hydrogens (tertiary/aromatic N) is 4. The van der Waals surface area contributed by atoms with Crippen LogP contribution in [0.25, 0.3) is 38.9 Å². The van der Waals surface area contributed by atoms with E-state index in [0.29, 0.717) is 25.8 Å². The molecular weight excluding hydrogens is 769 g/mol. The molecule has 3 amide bonds. The third-order valence-electron chi connectivity index (χ3n) is 12.9. The van der Waals surface area contributed by atoms with Gasteiger partial charge in [0.05, 0.1) is 49.4 Å². The molecule has 4 aliphatic rings. The molecule has 312 valence electrons. The zero-order valence-corrected chi connectivity index (χ0v) is 34.9. The molecule has 1 fully saturated rings. The van der Waals surface area contributed by atoms with Gasteiger partial charge >= 0.3 is 12.1 Å². The fourth-order valence-corrected chi connectivity index (χ4v) is 9.56. The van der Waals surface area contributed by atoms with E-state index in [9.17, 15) is 19.2 Å². The number of H-pyrrole nitrogens is 1. The van der Waals surface area contributed by atoms with Crippen LogP contribution < -0.4 is 10.2 Å². The molecule has 61 heavy (non-hydrogen) atoms. The number of hydrogen-bond donors (Lipinski definition) is 2. The first kappa shape index (κ1) is 39.9. The molecule has 1 saturated heterocycles. The molecule has 0 bridgehead atoms. The summed E-state index contributed by atoms with van der Waals surface area (Å²) in [7, 11) is 2.67. The highest BCUT2D eigenvalue weighted by Crippen LogP contribution is 2.46. The maximum atomic E-state index is 14.1. The third kappa shape index (κ3) is 7.60. The van der Waals surface area contributed by atoms with Crippen molar-refractivity contribution in [1.82, 2.24) is 20.2 Å². The first-order chi connectivity index (χ1) is 29.6. The number of esters is 1. The number of aromatic nitrogens is 2. The van der Waals surface area contributed by atoms with Gasteiger partial charge < -0.3 is 29.6 Å².